The number of hydrogen-bond donors (Lipinski definition) is 0. The number of benzene rings is 2. The largest absolute Gasteiger partial charge is 0.493 e. The molecule has 0 aliphatic carbocycles. The van der Waals surface area contributed by atoms with Gasteiger partial charge in [-0.1, -0.05) is 24.3 Å². The second-order valence-corrected chi connectivity index (χ2v) is 8.76. The summed E-state index contributed by atoms with van der Waals surface area (Å²) in [5.41, 5.74) is 1.53. The molecule has 0 saturated carbocycles. The number of amidine groups is 1. The Hall–Kier alpha value is -4.02. The molecule has 1 aromatic heterocycles. The van der Waals surface area contributed by atoms with Gasteiger partial charge in [-0.05, 0) is 59.8 Å². The van der Waals surface area contributed by atoms with Crippen molar-refractivity contribution in [2.24, 2.45) is 4.99 Å². The number of hydrogen-bond acceptors (Lipinski definition) is 9. The molecule has 1 aliphatic rings. The second kappa shape index (κ2) is 12.3. The van der Waals surface area contributed by atoms with Gasteiger partial charge in [-0.3, -0.25) is 9.69 Å². The van der Waals surface area contributed by atoms with Crippen molar-refractivity contribution in [3.05, 3.63) is 82.7 Å². The lowest BCUT2D eigenvalue weighted by Gasteiger charge is -2.14. The fourth-order valence-corrected chi connectivity index (χ4v) is 4.47. The third-order valence-corrected chi connectivity index (χ3v) is 6.30. The number of methoxy groups -OCH3 is 3. The summed E-state index contributed by atoms with van der Waals surface area (Å²) in [4.78, 5) is 31.5. The lowest BCUT2D eigenvalue weighted by Crippen LogP contribution is -2.32. The van der Waals surface area contributed by atoms with Crippen LogP contribution in [0.5, 0.6) is 11.5 Å². The predicted octanol–water partition coefficient (Wildman–Crippen LogP) is 4.90. The first-order valence-electron chi connectivity index (χ1n) is 11.3. The van der Waals surface area contributed by atoms with Crippen LogP contribution >= 0.6 is 11.8 Å². The first kappa shape index (κ1) is 26.1. The van der Waals surface area contributed by atoms with Gasteiger partial charge >= 0.3 is 5.97 Å². The molecule has 37 heavy (non-hydrogen) atoms. The molecule has 9 nitrogen and oxygen atoms in total. The maximum atomic E-state index is 13.2. The molecule has 192 valence electrons. The third-order valence-electron chi connectivity index (χ3n) is 5.29. The molecule has 10 heteroatoms. The van der Waals surface area contributed by atoms with E-state index in [1.165, 1.54) is 32.0 Å². The van der Waals surface area contributed by atoms with Gasteiger partial charge in [0.2, 0.25) is 5.76 Å². The predicted molar refractivity (Wildman–Crippen MR) is 140 cm³/mol. The Labute approximate surface area is 218 Å². The van der Waals surface area contributed by atoms with Crippen molar-refractivity contribution in [2.45, 2.75) is 6.61 Å². The van der Waals surface area contributed by atoms with Crippen LogP contribution in [-0.4, -0.2) is 56.4 Å². The van der Waals surface area contributed by atoms with Gasteiger partial charge in [0.25, 0.3) is 5.91 Å². The van der Waals surface area contributed by atoms with Gasteiger partial charge in [-0.15, -0.1) is 0 Å². The molecule has 0 bridgehead atoms. The van der Waals surface area contributed by atoms with Crippen molar-refractivity contribution in [2.75, 3.05) is 34.5 Å². The molecule has 4 rings (SSSR count). The standard InChI is InChI=1S/C27H26N2O7S/c1-32-14-13-29-25(30)24(37-27(29)28-19-7-5-4-6-8-19)16-18-9-11-21(23(15-18)33-2)35-17-20-10-12-22(36-20)26(31)34-3/h4-12,15-16H,13-14,17H2,1-3H3. The van der Waals surface area contributed by atoms with Crippen LogP contribution in [0.4, 0.5) is 5.69 Å². The van der Waals surface area contributed by atoms with Crippen LogP contribution in [0.15, 0.2) is 75.0 Å². The number of amides is 1. The van der Waals surface area contributed by atoms with E-state index >= 15 is 0 Å². The quantitative estimate of drug-likeness (QED) is 0.274. The number of para-hydroxylation sites is 1. The number of aliphatic imine (C=N–C) groups is 1. The number of rotatable bonds is 10. The number of thioether (sulfide) groups is 1. The lowest BCUT2D eigenvalue weighted by molar-refractivity contribution is -0.122. The molecule has 0 atom stereocenters. The van der Waals surface area contributed by atoms with E-state index in [4.69, 9.17) is 18.6 Å². The van der Waals surface area contributed by atoms with Gasteiger partial charge in [0.1, 0.15) is 12.4 Å². The lowest BCUT2D eigenvalue weighted by atomic mass is 10.2. The number of ether oxygens (including phenoxy) is 4. The molecule has 1 aliphatic heterocycles. The minimum absolute atomic E-state index is 0.0932. The second-order valence-electron chi connectivity index (χ2n) is 7.75. The summed E-state index contributed by atoms with van der Waals surface area (Å²) in [5.74, 6) is 0.832. The molecule has 2 heterocycles. The zero-order valence-electron chi connectivity index (χ0n) is 20.6. The van der Waals surface area contributed by atoms with E-state index in [0.29, 0.717) is 40.5 Å². The van der Waals surface area contributed by atoms with E-state index in [-0.39, 0.29) is 18.3 Å². The number of carbonyl (C=O) groups excluding carboxylic acids is 2. The molecule has 1 fully saturated rings. The molecule has 3 aromatic rings. The highest BCUT2D eigenvalue weighted by molar-refractivity contribution is 8.18. The van der Waals surface area contributed by atoms with Crippen molar-refractivity contribution in [1.29, 1.82) is 0 Å². The highest BCUT2D eigenvalue weighted by atomic mass is 32.2. The molecule has 0 spiro atoms. The van der Waals surface area contributed by atoms with Crippen molar-refractivity contribution < 1.29 is 33.0 Å². The minimum Gasteiger partial charge on any atom is -0.493 e. The Morgan fingerprint density at radius 3 is 2.59 bits per heavy atom. The van der Waals surface area contributed by atoms with Gasteiger partial charge in [-0.25, -0.2) is 9.79 Å². The Morgan fingerprint density at radius 2 is 1.86 bits per heavy atom. The zero-order chi connectivity index (χ0) is 26.2. The summed E-state index contributed by atoms with van der Waals surface area (Å²) >= 11 is 1.31. The van der Waals surface area contributed by atoms with Crippen molar-refractivity contribution in [3.63, 3.8) is 0 Å². The smallest absolute Gasteiger partial charge is 0.373 e. The van der Waals surface area contributed by atoms with Crippen molar-refractivity contribution in [1.82, 2.24) is 4.90 Å². The maximum Gasteiger partial charge on any atom is 0.373 e. The number of furan rings is 1. The number of esters is 1. The normalized spacial score (nSPS) is 15.4. The van der Waals surface area contributed by atoms with E-state index < -0.39 is 5.97 Å². The van der Waals surface area contributed by atoms with Crippen LogP contribution in [0.1, 0.15) is 21.9 Å². The molecular weight excluding hydrogens is 496 g/mol. The average Bonchev–Trinajstić information content (AvgIpc) is 3.51. The third kappa shape index (κ3) is 6.41. The van der Waals surface area contributed by atoms with Crippen LogP contribution in [0.2, 0.25) is 0 Å². The SMILES string of the molecule is COCCN1C(=O)C(=Cc2ccc(OCc3ccc(C(=O)OC)o3)c(OC)c2)SC1=Nc1ccccc1. The summed E-state index contributed by atoms with van der Waals surface area (Å²) in [6.45, 7) is 0.881. The molecule has 0 radical (unpaired) electrons. The Balaban J connectivity index is 1.52. The summed E-state index contributed by atoms with van der Waals surface area (Å²) in [6, 6.07) is 18.0. The topological polar surface area (TPSA) is 99.8 Å². The van der Waals surface area contributed by atoms with Gasteiger partial charge < -0.3 is 23.4 Å². The molecule has 2 aromatic carbocycles. The highest BCUT2D eigenvalue weighted by Gasteiger charge is 2.33. The fourth-order valence-electron chi connectivity index (χ4n) is 3.44. The maximum absolute atomic E-state index is 13.2. The van der Waals surface area contributed by atoms with Gasteiger partial charge in [0.15, 0.2) is 16.7 Å². The van der Waals surface area contributed by atoms with Gasteiger partial charge in [0.05, 0.1) is 38.0 Å². The van der Waals surface area contributed by atoms with Crippen LogP contribution in [0.25, 0.3) is 6.08 Å². The van der Waals surface area contributed by atoms with Crippen molar-refractivity contribution >= 4 is 40.6 Å². The number of carbonyl (C=O) groups is 2. The Bertz CT molecular complexity index is 1320. The molecule has 1 saturated heterocycles. The monoisotopic (exact) mass is 522 g/mol. The van der Waals surface area contributed by atoms with Crippen molar-refractivity contribution in [3.8, 4) is 11.5 Å². The van der Waals surface area contributed by atoms with E-state index in [2.05, 4.69) is 9.73 Å². The summed E-state index contributed by atoms with van der Waals surface area (Å²) in [6.07, 6.45) is 1.79. The van der Waals surface area contributed by atoms with E-state index in [9.17, 15) is 9.59 Å². The zero-order valence-corrected chi connectivity index (χ0v) is 21.4. The van der Waals surface area contributed by atoms with Crippen LogP contribution < -0.4 is 9.47 Å². The minimum atomic E-state index is -0.557. The average molecular weight is 523 g/mol. The molecular formula is C27H26N2O7S. The van der Waals surface area contributed by atoms with Crippen LogP contribution in [0, 0.1) is 0 Å². The Morgan fingerprint density at radius 1 is 1.05 bits per heavy atom. The fraction of sp³-hybridized carbons (Fsp3) is 0.222. The van der Waals surface area contributed by atoms with Crippen LogP contribution in [-0.2, 0) is 20.9 Å². The summed E-state index contributed by atoms with van der Waals surface area (Å²) < 4.78 is 26.6. The van der Waals surface area contributed by atoms with E-state index in [1.54, 1.807) is 36.3 Å². The first-order chi connectivity index (χ1) is 18.0. The summed E-state index contributed by atoms with van der Waals surface area (Å²) in [7, 11) is 4.42. The van der Waals surface area contributed by atoms with E-state index in [0.717, 1.165) is 11.3 Å². The summed E-state index contributed by atoms with van der Waals surface area (Å²) in [5, 5.41) is 0.594. The molecule has 0 unspecified atom stereocenters. The highest BCUT2D eigenvalue weighted by Crippen LogP contribution is 2.36. The Kier molecular flexibility index (Phi) is 8.65. The molecule has 0 N–H and O–H groups in total. The number of nitrogens with zero attached hydrogens (tertiary/aromatic N) is 2. The first-order valence-corrected chi connectivity index (χ1v) is 12.2. The van der Waals surface area contributed by atoms with Gasteiger partial charge in [0, 0.05) is 7.11 Å². The van der Waals surface area contributed by atoms with E-state index in [1.807, 2.05) is 36.4 Å². The van der Waals surface area contributed by atoms with Gasteiger partial charge in [-0.2, -0.15) is 0 Å². The van der Waals surface area contributed by atoms with Crippen LogP contribution in [0.3, 0.4) is 0 Å². The molecule has 1 amide bonds.